The van der Waals surface area contributed by atoms with Crippen molar-refractivity contribution >= 4 is 39.1 Å². The van der Waals surface area contributed by atoms with E-state index in [0.29, 0.717) is 45.1 Å². The van der Waals surface area contributed by atoms with Crippen LogP contribution < -0.4 is 0 Å². The minimum absolute atomic E-state index is 0.00411. The summed E-state index contributed by atoms with van der Waals surface area (Å²) in [7, 11) is 3.93. The molecule has 0 bridgehead atoms. The zero-order valence-electron chi connectivity index (χ0n) is 20.2. The first-order valence-corrected chi connectivity index (χ1v) is 12.3. The Balaban J connectivity index is 1.47. The van der Waals surface area contributed by atoms with Crippen LogP contribution in [0.25, 0.3) is 55.2 Å². The number of hydrogen-bond acceptors (Lipinski definition) is 8. The lowest BCUT2D eigenvalue weighted by Gasteiger charge is -2.10. The summed E-state index contributed by atoms with van der Waals surface area (Å²) >= 11 is 1.38. The number of pyridine rings is 3. The van der Waals surface area contributed by atoms with Gasteiger partial charge in [0.15, 0.2) is 17.4 Å². The predicted molar refractivity (Wildman–Crippen MR) is 141 cm³/mol. The molecular formula is C26H21FN8OS. The number of rotatable bonds is 6. The minimum Gasteiger partial charge on any atom is -0.335 e. The predicted octanol–water partition coefficient (Wildman–Crippen LogP) is 5.09. The molecule has 0 aliphatic rings. The number of ketones is 1. The smallest absolute Gasteiger partial charge is 0.169 e. The van der Waals surface area contributed by atoms with Crippen molar-refractivity contribution in [3.8, 4) is 33.2 Å². The standard InChI is InChI=1S/C26H21FN8OS/c1-13(36)19-4-5-20(37-19)16-9-29-10-18-24(16)32-26(31-18)25-21-17(33-34-25)11-30-23(22(21)27)15-6-14(7-28-8-15)12-35(2)3/h4-11H,12H2,1-3H3,(H,31,32)(H,33,34). The van der Waals surface area contributed by atoms with E-state index in [1.54, 1.807) is 37.1 Å². The summed E-state index contributed by atoms with van der Waals surface area (Å²) in [4.78, 5) is 36.3. The quantitative estimate of drug-likeness (QED) is 0.299. The molecule has 11 heteroatoms. The van der Waals surface area contributed by atoms with Gasteiger partial charge >= 0.3 is 0 Å². The van der Waals surface area contributed by atoms with Gasteiger partial charge in [0, 0.05) is 41.1 Å². The first-order valence-electron chi connectivity index (χ1n) is 11.5. The van der Waals surface area contributed by atoms with Gasteiger partial charge < -0.3 is 9.88 Å². The Labute approximate surface area is 214 Å². The van der Waals surface area contributed by atoms with Crippen molar-refractivity contribution in [2.45, 2.75) is 13.5 Å². The second-order valence-electron chi connectivity index (χ2n) is 8.99. The number of imidazole rings is 1. The van der Waals surface area contributed by atoms with Gasteiger partial charge in [0.25, 0.3) is 0 Å². The van der Waals surface area contributed by atoms with E-state index in [9.17, 15) is 4.79 Å². The van der Waals surface area contributed by atoms with Crippen molar-refractivity contribution in [1.29, 1.82) is 0 Å². The van der Waals surface area contributed by atoms with Gasteiger partial charge in [-0.25, -0.2) is 9.37 Å². The summed E-state index contributed by atoms with van der Waals surface area (Å²) in [5, 5.41) is 7.51. The Morgan fingerprint density at radius 2 is 1.89 bits per heavy atom. The number of Topliss-reactive ketones (excluding diaryl/α,β-unsaturated/α-hetero) is 1. The van der Waals surface area contributed by atoms with E-state index < -0.39 is 5.82 Å². The van der Waals surface area contributed by atoms with E-state index >= 15 is 4.39 Å². The number of carbonyl (C=O) groups excluding carboxylic acids is 1. The average Bonchev–Trinajstić information content (AvgIpc) is 3.61. The van der Waals surface area contributed by atoms with E-state index in [2.05, 4.69) is 30.1 Å². The molecule has 0 saturated carbocycles. The molecule has 0 aliphatic heterocycles. The number of halogens is 1. The average molecular weight is 513 g/mol. The third-order valence-electron chi connectivity index (χ3n) is 5.95. The van der Waals surface area contributed by atoms with E-state index in [-0.39, 0.29) is 16.9 Å². The maximum atomic E-state index is 16.0. The number of H-pyrrole nitrogens is 2. The molecule has 0 fully saturated rings. The molecule has 0 aliphatic carbocycles. The van der Waals surface area contributed by atoms with Gasteiger partial charge in [-0.1, -0.05) is 0 Å². The van der Waals surface area contributed by atoms with Gasteiger partial charge in [0.2, 0.25) is 0 Å². The van der Waals surface area contributed by atoms with Crippen molar-refractivity contribution < 1.29 is 9.18 Å². The lowest BCUT2D eigenvalue weighted by Crippen LogP contribution is -2.10. The topological polar surface area (TPSA) is 116 Å². The number of hydrogen-bond donors (Lipinski definition) is 2. The summed E-state index contributed by atoms with van der Waals surface area (Å²) in [6, 6.07) is 5.56. The molecule has 2 N–H and O–H groups in total. The SMILES string of the molecule is CC(=O)c1ccc(-c2cncc3[nH]c(-c4n[nH]c5cnc(-c6cncc(CN(C)C)c6)c(F)c45)nc23)s1. The first kappa shape index (κ1) is 23.1. The molecule has 0 amide bonds. The highest BCUT2D eigenvalue weighted by atomic mass is 32.1. The molecule has 6 aromatic heterocycles. The monoisotopic (exact) mass is 512 g/mol. The third-order valence-corrected chi connectivity index (χ3v) is 7.17. The molecule has 0 spiro atoms. The molecule has 0 radical (unpaired) electrons. The van der Waals surface area contributed by atoms with Gasteiger partial charge in [-0.2, -0.15) is 5.10 Å². The first-order chi connectivity index (χ1) is 17.9. The third kappa shape index (κ3) is 4.07. The molecular weight excluding hydrogens is 491 g/mol. The highest BCUT2D eigenvalue weighted by Crippen LogP contribution is 2.36. The zero-order valence-corrected chi connectivity index (χ0v) is 21.0. The second-order valence-corrected chi connectivity index (χ2v) is 10.1. The Morgan fingerprint density at radius 3 is 2.68 bits per heavy atom. The van der Waals surface area contributed by atoms with Crippen LogP contribution in [0.4, 0.5) is 4.39 Å². The molecule has 6 heterocycles. The van der Waals surface area contributed by atoms with Crippen LogP contribution in [0.15, 0.2) is 49.2 Å². The fourth-order valence-corrected chi connectivity index (χ4v) is 5.23. The lowest BCUT2D eigenvalue weighted by molar-refractivity contribution is 0.102. The molecule has 0 saturated heterocycles. The molecule has 0 atom stereocenters. The number of nitrogens with zero attached hydrogens (tertiary/aromatic N) is 6. The summed E-state index contributed by atoms with van der Waals surface area (Å²) in [6.07, 6.45) is 8.30. The molecule has 0 aromatic carbocycles. The van der Waals surface area contributed by atoms with Crippen molar-refractivity contribution in [2.75, 3.05) is 14.1 Å². The van der Waals surface area contributed by atoms with Crippen LogP contribution in [0.3, 0.4) is 0 Å². The van der Waals surface area contributed by atoms with Crippen molar-refractivity contribution in [3.05, 3.63) is 65.4 Å². The number of aromatic nitrogens is 7. The summed E-state index contributed by atoms with van der Waals surface area (Å²) in [6.45, 7) is 2.21. The van der Waals surface area contributed by atoms with Crippen molar-refractivity contribution in [1.82, 2.24) is 40.0 Å². The molecule has 6 rings (SSSR count). The van der Waals surface area contributed by atoms with Crippen LogP contribution in [-0.4, -0.2) is 59.9 Å². The van der Waals surface area contributed by atoms with Crippen LogP contribution in [0.1, 0.15) is 22.2 Å². The van der Waals surface area contributed by atoms with E-state index in [0.717, 1.165) is 16.0 Å². The van der Waals surface area contributed by atoms with Gasteiger partial charge in [0.05, 0.1) is 33.7 Å². The second kappa shape index (κ2) is 8.95. The van der Waals surface area contributed by atoms with Crippen molar-refractivity contribution in [2.24, 2.45) is 0 Å². The molecule has 37 heavy (non-hydrogen) atoms. The Hall–Kier alpha value is -4.35. The van der Waals surface area contributed by atoms with E-state index in [1.165, 1.54) is 18.3 Å². The zero-order chi connectivity index (χ0) is 25.7. The fourth-order valence-electron chi connectivity index (χ4n) is 4.31. The molecule has 9 nitrogen and oxygen atoms in total. The number of carbonyl (C=O) groups is 1. The van der Waals surface area contributed by atoms with Gasteiger partial charge in [0.1, 0.15) is 16.9 Å². The molecule has 6 aromatic rings. The van der Waals surface area contributed by atoms with Crippen molar-refractivity contribution in [3.63, 3.8) is 0 Å². The fraction of sp³-hybridized carbons (Fsp3) is 0.154. The number of nitrogens with one attached hydrogen (secondary N) is 2. The Kier molecular flexibility index (Phi) is 5.58. The number of fused-ring (bicyclic) bond motifs is 2. The van der Waals surface area contributed by atoms with Crippen LogP contribution in [0.2, 0.25) is 0 Å². The summed E-state index contributed by atoms with van der Waals surface area (Å²) in [5.74, 6) is -0.105. The van der Waals surface area contributed by atoms with E-state index in [1.807, 2.05) is 31.1 Å². The minimum atomic E-state index is -0.506. The number of thiophene rings is 1. The highest BCUT2D eigenvalue weighted by molar-refractivity contribution is 7.17. The van der Waals surface area contributed by atoms with Gasteiger partial charge in [-0.3, -0.25) is 24.8 Å². The summed E-state index contributed by atoms with van der Waals surface area (Å²) in [5.41, 5.74) is 4.64. The summed E-state index contributed by atoms with van der Waals surface area (Å²) < 4.78 is 16.0. The van der Waals surface area contributed by atoms with Gasteiger partial charge in [-0.05, 0) is 44.8 Å². The largest absolute Gasteiger partial charge is 0.335 e. The lowest BCUT2D eigenvalue weighted by atomic mass is 10.1. The Morgan fingerprint density at radius 1 is 1.05 bits per heavy atom. The van der Waals surface area contributed by atoms with E-state index in [4.69, 9.17) is 4.98 Å². The number of aromatic amines is 2. The van der Waals surface area contributed by atoms with Gasteiger partial charge in [-0.15, -0.1) is 11.3 Å². The molecule has 0 unspecified atom stereocenters. The van der Waals surface area contributed by atoms with Crippen LogP contribution in [0, 0.1) is 5.82 Å². The highest BCUT2D eigenvalue weighted by Gasteiger charge is 2.22. The van der Waals surface area contributed by atoms with Crippen LogP contribution >= 0.6 is 11.3 Å². The van der Waals surface area contributed by atoms with Crippen LogP contribution in [0.5, 0.6) is 0 Å². The van der Waals surface area contributed by atoms with Crippen LogP contribution in [-0.2, 0) is 6.54 Å². The normalized spacial score (nSPS) is 11.7. The maximum absolute atomic E-state index is 16.0. The maximum Gasteiger partial charge on any atom is 0.169 e. The molecule has 184 valence electrons. The Bertz CT molecular complexity index is 1800.